The predicted octanol–water partition coefficient (Wildman–Crippen LogP) is 0.105. The van der Waals surface area contributed by atoms with Crippen molar-refractivity contribution < 1.29 is 19.3 Å². The first kappa shape index (κ1) is 10.2. The summed E-state index contributed by atoms with van der Waals surface area (Å²) < 4.78 is 3.57. The molecule has 1 heterocycles. The van der Waals surface area contributed by atoms with Crippen LogP contribution in [0, 0.1) is 0 Å². The van der Waals surface area contributed by atoms with Crippen molar-refractivity contribution in [3.63, 3.8) is 0 Å². The summed E-state index contributed by atoms with van der Waals surface area (Å²) in [5, 5.41) is 2.65. The van der Waals surface area contributed by atoms with Gasteiger partial charge in [0, 0.05) is 0 Å². The normalized spacial score (nSPS) is 10.8. The predicted molar refractivity (Wildman–Crippen MR) is 59.0 cm³/mol. The molecular formula is C8H5AlBrINS-. The molecule has 5 heteroatoms. The summed E-state index contributed by atoms with van der Waals surface area (Å²) in [5.41, 5.74) is 0. The Morgan fingerprint density at radius 2 is 2.15 bits per heavy atom. The van der Waals surface area contributed by atoms with Crippen LogP contribution in [0.25, 0.3) is 10.1 Å². The van der Waals surface area contributed by atoms with Gasteiger partial charge in [0.25, 0.3) is 0 Å². The van der Waals surface area contributed by atoms with Gasteiger partial charge in [-0.2, -0.15) is 0 Å². The Morgan fingerprint density at radius 3 is 2.85 bits per heavy atom. The molecule has 0 aliphatic rings. The van der Waals surface area contributed by atoms with E-state index in [-0.39, 0.29) is 19.3 Å². The van der Waals surface area contributed by atoms with Gasteiger partial charge in [-0.15, -0.1) is 0 Å². The van der Waals surface area contributed by atoms with Crippen LogP contribution in [0.1, 0.15) is 0 Å². The van der Waals surface area contributed by atoms with Crippen LogP contribution in [0.2, 0.25) is 0 Å². The van der Waals surface area contributed by atoms with Crippen LogP contribution >= 0.6 is 24.0 Å². The van der Waals surface area contributed by atoms with Gasteiger partial charge < -0.3 is 0 Å². The number of benzene rings is 1. The Morgan fingerprint density at radius 1 is 1.38 bits per heavy atom. The zero-order valence-corrected chi connectivity index (χ0v) is 12.3. The van der Waals surface area contributed by atoms with Crippen LogP contribution in [-0.4, -0.2) is 16.5 Å². The van der Waals surface area contributed by atoms with E-state index in [1.807, 2.05) is 11.3 Å². The van der Waals surface area contributed by atoms with E-state index < -0.39 is 0 Å². The number of thiophene rings is 1. The van der Waals surface area contributed by atoms with Gasteiger partial charge in [-0.25, -0.2) is 0 Å². The number of hydrogen-bond donors (Lipinski definition) is 0. The fraction of sp³-hybridized carbons (Fsp3) is 0. The standard InChI is InChI=1S/C8H5BrINS.Al/c9-10-11-8-5-6-3-1-2-4-7(6)12-8;/h1-5H;/q-2;+1. The van der Waals surface area contributed by atoms with Gasteiger partial charge in [0.05, 0.1) is 0 Å². The third-order valence-electron chi connectivity index (χ3n) is 1.69. The molecule has 0 aliphatic carbocycles. The van der Waals surface area contributed by atoms with Crippen LogP contribution in [0.15, 0.2) is 30.3 Å². The fourth-order valence-electron chi connectivity index (χ4n) is 1.10. The molecule has 0 saturated heterocycles. The molecule has 1 aromatic carbocycles. The van der Waals surface area contributed by atoms with Crippen LogP contribution < -0.4 is 21.4 Å². The van der Waals surface area contributed by atoms with E-state index in [0.29, 0.717) is 0 Å². The summed E-state index contributed by atoms with van der Waals surface area (Å²) in [6.45, 7) is 0. The maximum absolute atomic E-state index is 3.53. The third kappa shape index (κ3) is 2.21. The molecule has 66 valence electrons. The second kappa shape index (κ2) is 4.49. The van der Waals surface area contributed by atoms with E-state index in [1.165, 1.54) is 15.1 Å². The van der Waals surface area contributed by atoms with Crippen molar-refractivity contribution in [3.8, 4) is 0 Å². The average molecular weight is 381 g/mol. The summed E-state index contributed by atoms with van der Waals surface area (Å²) in [6, 6.07) is 10.7. The van der Waals surface area contributed by atoms with E-state index >= 15 is 0 Å². The molecule has 1 nitrogen and oxygen atoms in total. The molecule has 0 saturated carbocycles. The van der Waals surface area contributed by atoms with Crippen molar-refractivity contribution in [3.05, 3.63) is 30.3 Å². The van der Waals surface area contributed by atoms with Crippen molar-refractivity contribution in [1.29, 1.82) is 0 Å². The van der Waals surface area contributed by atoms with Crippen LogP contribution in [-0.2, 0) is 0 Å². The van der Waals surface area contributed by atoms with Crippen LogP contribution in [0.3, 0.4) is 0 Å². The Hall–Kier alpha value is 0.722. The van der Waals surface area contributed by atoms with Crippen molar-refractivity contribution in [1.82, 2.24) is 0 Å². The van der Waals surface area contributed by atoms with Gasteiger partial charge in [0.2, 0.25) is 0 Å². The van der Waals surface area contributed by atoms with Crippen molar-refractivity contribution in [2.45, 2.75) is 0 Å². The number of halogens is 2. The van der Waals surface area contributed by atoms with Gasteiger partial charge in [-0.05, 0) is 0 Å². The van der Waals surface area contributed by atoms with Crippen molar-refractivity contribution in [2.24, 2.45) is 0 Å². The molecule has 13 heavy (non-hydrogen) atoms. The summed E-state index contributed by atoms with van der Waals surface area (Å²) >= 11 is 8.05. The van der Waals surface area contributed by atoms with E-state index in [4.69, 9.17) is 0 Å². The zero-order chi connectivity index (χ0) is 9.26. The van der Waals surface area contributed by atoms with E-state index in [0.717, 1.165) is 0 Å². The number of rotatable bonds is 2. The Kier molecular flexibility index (Phi) is 3.54. The number of hydrogen-bond acceptors (Lipinski definition) is 2. The van der Waals surface area contributed by atoms with Crippen molar-refractivity contribution >= 4 is 55.6 Å². The monoisotopic (exact) mass is 380 g/mol. The summed E-state index contributed by atoms with van der Waals surface area (Å²) in [7, 11) is 0. The molecule has 2 aromatic rings. The van der Waals surface area contributed by atoms with Gasteiger partial charge in [-0.3, -0.25) is 0 Å². The second-order valence-electron chi connectivity index (χ2n) is 2.50. The number of nitrogens with zero attached hydrogens (tertiary/aromatic N) is 1. The molecular weight excluding hydrogens is 376 g/mol. The maximum atomic E-state index is 3.53. The molecule has 0 fully saturated rings. The molecule has 0 N–H and O–H groups in total. The average Bonchev–Trinajstić information content (AvgIpc) is 2.59. The Balaban J connectivity index is 2.49. The number of anilines is 1. The molecule has 1 aromatic heterocycles. The van der Waals surface area contributed by atoms with E-state index in [1.54, 1.807) is 0 Å². The van der Waals surface area contributed by atoms with Gasteiger partial charge >= 0.3 is 107 Å². The summed E-state index contributed by atoms with van der Waals surface area (Å²) in [6.07, 6.45) is 0. The number of fused-ring (bicyclic) bond motifs is 1. The molecule has 0 amide bonds. The first-order valence-electron chi connectivity index (χ1n) is 3.61. The summed E-state index contributed by atoms with van der Waals surface area (Å²) in [5.74, 6) is 0. The fourth-order valence-corrected chi connectivity index (χ4v) is 4.64. The molecule has 2 radical (unpaired) electrons. The zero-order valence-electron chi connectivity index (χ0n) is 6.58. The molecule has 0 atom stereocenters. The third-order valence-corrected chi connectivity index (χ3v) is 9.02. The first-order chi connectivity index (χ1) is 6.31. The van der Waals surface area contributed by atoms with Crippen LogP contribution in [0.4, 0.5) is 5.00 Å². The van der Waals surface area contributed by atoms with Gasteiger partial charge in [0.1, 0.15) is 0 Å². The SMILES string of the molecule is [Al][N]([I-]Br)c1cc2ccccc2s1. The van der Waals surface area contributed by atoms with Crippen molar-refractivity contribution in [2.75, 3.05) is 2.10 Å². The molecule has 2 rings (SSSR count). The molecule has 0 bridgehead atoms. The quantitative estimate of drug-likeness (QED) is 0.406. The van der Waals surface area contributed by atoms with E-state index in [2.05, 4.69) is 61.6 Å². The summed E-state index contributed by atoms with van der Waals surface area (Å²) in [4.78, 5) is 0. The molecule has 0 unspecified atom stereocenters. The molecule has 0 spiro atoms. The van der Waals surface area contributed by atoms with Crippen LogP contribution in [0.5, 0.6) is 0 Å². The topological polar surface area (TPSA) is 3.24 Å². The first-order valence-corrected chi connectivity index (χ1v) is 10.7. The van der Waals surface area contributed by atoms with Gasteiger partial charge in [-0.1, -0.05) is 0 Å². The second-order valence-corrected chi connectivity index (χ2v) is 8.33. The van der Waals surface area contributed by atoms with E-state index in [9.17, 15) is 0 Å². The Bertz CT molecular complexity index is 386. The molecule has 0 aliphatic heterocycles. The Labute approximate surface area is 106 Å². The minimum atomic E-state index is -0.0526. The van der Waals surface area contributed by atoms with Gasteiger partial charge in [0.15, 0.2) is 0 Å². The minimum absolute atomic E-state index is 0.0526.